The Morgan fingerprint density at radius 3 is 2.72 bits per heavy atom. The maximum atomic E-state index is 12.5. The summed E-state index contributed by atoms with van der Waals surface area (Å²) in [6.45, 7) is 2.73. The molecule has 0 aromatic carbocycles. The van der Waals surface area contributed by atoms with E-state index >= 15 is 0 Å². The second-order valence-electron chi connectivity index (χ2n) is 8.35. The van der Waals surface area contributed by atoms with E-state index in [0.29, 0.717) is 36.1 Å². The van der Waals surface area contributed by atoms with E-state index in [1.54, 1.807) is 6.07 Å². The summed E-state index contributed by atoms with van der Waals surface area (Å²) in [4.78, 5) is 23.9. The van der Waals surface area contributed by atoms with Crippen LogP contribution in [0.15, 0.2) is 12.1 Å². The molecule has 0 aliphatic carbocycles. The van der Waals surface area contributed by atoms with Gasteiger partial charge in [0.05, 0.1) is 12.7 Å². The van der Waals surface area contributed by atoms with Crippen LogP contribution in [0.1, 0.15) is 48.3 Å². The topological polar surface area (TPSA) is 155 Å². The second-order valence-corrected chi connectivity index (χ2v) is 8.35. The van der Waals surface area contributed by atoms with E-state index < -0.39 is 0 Å². The average molecular weight is 440 g/mol. The van der Waals surface area contributed by atoms with Crippen LogP contribution < -0.4 is 16.0 Å². The minimum Gasteiger partial charge on any atom is -0.395 e. The standard InChI is InChI=1S/C21H29N9O2/c1-13-9-19(29-28-13)26-18-12-17(20(32)23-6-8-31)25-21(27-18)24-14-10-15-3-4-16(11-14)30(15)7-2-5-22/h9,12,14-16,31H,2-4,6-8,10-11H2,1H3,(H,23,32)(H3,24,25,26,27,28,29)/t14?,15-,16+. The molecule has 0 spiro atoms. The number of anilines is 3. The summed E-state index contributed by atoms with van der Waals surface area (Å²) in [6, 6.07) is 6.77. The van der Waals surface area contributed by atoms with Crippen LogP contribution in [0.25, 0.3) is 0 Å². The molecule has 5 N–H and O–H groups in total. The Morgan fingerprint density at radius 1 is 1.28 bits per heavy atom. The first-order valence-corrected chi connectivity index (χ1v) is 11.0. The Morgan fingerprint density at radius 2 is 2.06 bits per heavy atom. The zero-order valence-electron chi connectivity index (χ0n) is 18.1. The molecule has 1 amide bonds. The largest absolute Gasteiger partial charge is 0.395 e. The molecule has 2 aromatic heterocycles. The number of nitrogens with one attached hydrogen (secondary N) is 4. The average Bonchev–Trinajstić information content (AvgIpc) is 3.28. The predicted molar refractivity (Wildman–Crippen MR) is 118 cm³/mol. The SMILES string of the molecule is Cc1cc(Nc2cc(C(=O)NCCO)nc(NC3C[C@H]4CC[C@@H](C3)N4CCC#N)n2)n[nH]1. The number of aromatic nitrogens is 4. The Kier molecular flexibility index (Phi) is 6.82. The predicted octanol–water partition coefficient (Wildman–Crippen LogP) is 1.29. The zero-order valence-corrected chi connectivity index (χ0v) is 18.1. The summed E-state index contributed by atoms with van der Waals surface area (Å²) in [7, 11) is 0. The van der Waals surface area contributed by atoms with Gasteiger partial charge in [-0.1, -0.05) is 0 Å². The van der Waals surface area contributed by atoms with E-state index in [1.807, 2.05) is 13.0 Å². The number of aliphatic hydroxyl groups excluding tert-OH is 1. The minimum atomic E-state index is -0.378. The van der Waals surface area contributed by atoms with Gasteiger partial charge < -0.3 is 21.1 Å². The lowest BCUT2D eigenvalue weighted by molar-refractivity contribution is 0.0939. The third-order valence-corrected chi connectivity index (χ3v) is 6.02. The minimum absolute atomic E-state index is 0.146. The highest BCUT2D eigenvalue weighted by molar-refractivity contribution is 5.93. The highest BCUT2D eigenvalue weighted by Crippen LogP contribution is 2.36. The number of fused-ring (bicyclic) bond motifs is 2. The maximum Gasteiger partial charge on any atom is 0.270 e. The number of aryl methyl sites for hydroxylation is 1. The third kappa shape index (κ3) is 5.15. The molecule has 2 bridgehead atoms. The van der Waals surface area contributed by atoms with Crippen LogP contribution in [0.3, 0.4) is 0 Å². The monoisotopic (exact) mass is 439 g/mol. The molecule has 4 rings (SSSR count). The number of nitrogens with zero attached hydrogens (tertiary/aromatic N) is 5. The molecular formula is C21H29N9O2. The molecule has 2 aliphatic rings. The summed E-state index contributed by atoms with van der Waals surface area (Å²) in [5, 5.41) is 34.1. The molecule has 3 atom stereocenters. The first-order chi connectivity index (χ1) is 15.6. The van der Waals surface area contributed by atoms with Gasteiger partial charge in [0.15, 0.2) is 5.82 Å². The molecule has 11 heteroatoms. The van der Waals surface area contributed by atoms with Crippen molar-refractivity contribution in [2.24, 2.45) is 0 Å². The molecule has 32 heavy (non-hydrogen) atoms. The summed E-state index contributed by atoms with van der Waals surface area (Å²) in [6.07, 6.45) is 4.75. The summed E-state index contributed by atoms with van der Waals surface area (Å²) < 4.78 is 0. The Hall–Kier alpha value is -3.23. The molecule has 2 fully saturated rings. The maximum absolute atomic E-state index is 12.5. The number of H-pyrrole nitrogens is 1. The lowest BCUT2D eigenvalue weighted by Gasteiger charge is -2.38. The Bertz CT molecular complexity index is 972. The van der Waals surface area contributed by atoms with Crippen LogP contribution in [0.5, 0.6) is 0 Å². The van der Waals surface area contributed by atoms with E-state index in [4.69, 9.17) is 10.4 Å². The lowest BCUT2D eigenvalue weighted by Crippen LogP contribution is -2.47. The van der Waals surface area contributed by atoms with Crippen LogP contribution in [0.4, 0.5) is 17.6 Å². The highest BCUT2D eigenvalue weighted by Gasteiger charge is 2.40. The van der Waals surface area contributed by atoms with Crippen molar-refractivity contribution < 1.29 is 9.90 Å². The van der Waals surface area contributed by atoms with Crippen molar-refractivity contribution in [1.29, 1.82) is 5.26 Å². The van der Waals surface area contributed by atoms with Gasteiger partial charge in [0.1, 0.15) is 11.5 Å². The fraction of sp³-hybridized carbons (Fsp3) is 0.571. The van der Waals surface area contributed by atoms with E-state index in [1.165, 1.54) is 0 Å². The molecule has 2 aliphatic heterocycles. The number of rotatable bonds is 9. The van der Waals surface area contributed by atoms with Crippen molar-refractivity contribution in [3.05, 3.63) is 23.5 Å². The first kappa shape index (κ1) is 22.0. The highest BCUT2D eigenvalue weighted by atomic mass is 16.3. The summed E-state index contributed by atoms with van der Waals surface area (Å²) in [5.74, 6) is 1.05. The van der Waals surface area contributed by atoms with Crippen molar-refractivity contribution in [2.45, 2.75) is 57.2 Å². The summed E-state index contributed by atoms with van der Waals surface area (Å²) in [5.41, 5.74) is 1.11. The van der Waals surface area contributed by atoms with Crippen molar-refractivity contribution in [1.82, 2.24) is 30.4 Å². The number of piperidine rings is 1. The molecule has 4 heterocycles. The van der Waals surface area contributed by atoms with Gasteiger partial charge in [-0.25, -0.2) is 4.98 Å². The van der Waals surface area contributed by atoms with Gasteiger partial charge in [-0.2, -0.15) is 15.3 Å². The van der Waals surface area contributed by atoms with Gasteiger partial charge in [-0.05, 0) is 32.6 Å². The van der Waals surface area contributed by atoms with E-state index in [9.17, 15) is 4.79 Å². The molecule has 0 saturated carbocycles. The lowest BCUT2D eigenvalue weighted by atomic mass is 9.97. The van der Waals surface area contributed by atoms with Gasteiger partial charge in [0.2, 0.25) is 5.95 Å². The number of carbonyl (C=O) groups excluding carboxylic acids is 1. The van der Waals surface area contributed by atoms with Crippen LogP contribution >= 0.6 is 0 Å². The number of hydrogen-bond acceptors (Lipinski definition) is 9. The van der Waals surface area contributed by atoms with Crippen LogP contribution in [-0.2, 0) is 0 Å². The van der Waals surface area contributed by atoms with Crippen molar-refractivity contribution in [2.75, 3.05) is 30.3 Å². The molecule has 2 aromatic rings. The van der Waals surface area contributed by atoms with Gasteiger partial charge in [-0.3, -0.25) is 14.8 Å². The van der Waals surface area contributed by atoms with Gasteiger partial charge in [-0.15, -0.1) is 0 Å². The molecule has 0 radical (unpaired) electrons. The van der Waals surface area contributed by atoms with E-state index in [2.05, 4.69) is 47.1 Å². The van der Waals surface area contributed by atoms with Crippen LogP contribution in [-0.4, -0.2) is 73.9 Å². The fourth-order valence-corrected chi connectivity index (χ4v) is 4.68. The van der Waals surface area contributed by atoms with E-state index in [0.717, 1.165) is 37.9 Å². The smallest absolute Gasteiger partial charge is 0.270 e. The van der Waals surface area contributed by atoms with Crippen molar-refractivity contribution >= 4 is 23.5 Å². The van der Waals surface area contributed by atoms with Crippen LogP contribution in [0, 0.1) is 18.3 Å². The molecule has 11 nitrogen and oxygen atoms in total. The third-order valence-electron chi connectivity index (χ3n) is 6.02. The number of amides is 1. The Labute approximate surface area is 186 Å². The van der Waals surface area contributed by atoms with Crippen LogP contribution in [0.2, 0.25) is 0 Å². The molecular weight excluding hydrogens is 410 g/mol. The normalized spacial score (nSPS) is 22.3. The first-order valence-electron chi connectivity index (χ1n) is 11.0. The second kappa shape index (κ2) is 9.93. The quantitative estimate of drug-likeness (QED) is 0.389. The number of aliphatic hydroxyl groups is 1. The number of carbonyl (C=O) groups is 1. The van der Waals surface area contributed by atoms with Gasteiger partial charge in [0.25, 0.3) is 5.91 Å². The van der Waals surface area contributed by atoms with Crippen molar-refractivity contribution in [3.8, 4) is 6.07 Å². The van der Waals surface area contributed by atoms with E-state index in [-0.39, 0.29) is 30.8 Å². The van der Waals surface area contributed by atoms with Crippen molar-refractivity contribution in [3.63, 3.8) is 0 Å². The molecule has 1 unspecified atom stereocenters. The Balaban J connectivity index is 1.50. The fourth-order valence-electron chi connectivity index (χ4n) is 4.68. The molecule has 2 saturated heterocycles. The molecule has 170 valence electrons. The van der Waals surface area contributed by atoms with Gasteiger partial charge in [0, 0.05) is 55.5 Å². The number of nitriles is 1. The zero-order chi connectivity index (χ0) is 22.5. The number of aromatic amines is 1. The number of hydrogen-bond donors (Lipinski definition) is 5. The summed E-state index contributed by atoms with van der Waals surface area (Å²) >= 11 is 0. The van der Waals surface area contributed by atoms with Gasteiger partial charge >= 0.3 is 0 Å².